The number of aliphatic hydroxyl groups excluding tert-OH is 1. The van der Waals surface area contributed by atoms with Crippen LogP contribution in [0.15, 0.2) is 12.2 Å². The van der Waals surface area contributed by atoms with Crippen molar-refractivity contribution in [3.63, 3.8) is 0 Å². The van der Waals surface area contributed by atoms with Gasteiger partial charge in [0.1, 0.15) is 42.2 Å². The van der Waals surface area contributed by atoms with E-state index in [-0.39, 0.29) is 201 Å². The van der Waals surface area contributed by atoms with E-state index in [1.165, 1.54) is 0 Å². The number of esters is 11. The fourth-order valence-electron chi connectivity index (χ4n) is 14.3. The molecule has 13 heterocycles. The Hall–Kier alpha value is -6.91. The van der Waals surface area contributed by atoms with E-state index >= 15 is 0 Å². The topological polar surface area (TPSA) is 382 Å². The highest BCUT2D eigenvalue weighted by atomic mass is 16.6. The third kappa shape index (κ3) is 38.7. The number of hydrogen-bond acceptors (Lipinski definition) is 28. The minimum Gasteiger partial charge on any atom is -0.466 e. The fraction of sp³-hybridized carbons (Fsp3) is 0.850. The van der Waals surface area contributed by atoms with Crippen LogP contribution in [0.1, 0.15) is 353 Å². The second kappa shape index (κ2) is 45.7. The van der Waals surface area contributed by atoms with Gasteiger partial charge in [-0.3, -0.25) is 62.3 Å². The minimum atomic E-state index is -0.786. The molecule has 28 nitrogen and oxygen atoms in total. The Morgan fingerprint density at radius 2 is 0.922 bits per heavy atom. The number of carbonyl (C=O) groups excluding carboxylic acids is 13. The summed E-state index contributed by atoms with van der Waals surface area (Å²) in [5, 5.41) is 18.2. The van der Waals surface area contributed by atoms with E-state index < -0.39 is 11.2 Å². The third-order valence-electron chi connectivity index (χ3n) is 26.9. The quantitative estimate of drug-likeness (QED) is 0.150. The first kappa shape index (κ1) is 119. The second-order valence-corrected chi connectivity index (χ2v) is 48.0. The zero-order chi connectivity index (χ0) is 100. The van der Waals surface area contributed by atoms with Gasteiger partial charge in [-0.05, 0) is 166 Å². The van der Waals surface area contributed by atoms with Crippen molar-refractivity contribution >= 4 is 77.2 Å². The lowest BCUT2D eigenvalue weighted by Gasteiger charge is -2.44. The first-order valence-corrected chi connectivity index (χ1v) is 45.5. The van der Waals surface area contributed by atoms with E-state index in [4.69, 9.17) is 66.7 Å². The number of Topliss-reactive ketones (excluding diaryl/α,β-unsaturated/α-hetero) is 2. The van der Waals surface area contributed by atoms with Gasteiger partial charge in [-0.15, -0.1) is 0 Å². The number of ether oxygens (including phenoxy) is 13. The molecular weight excluding hydrogens is 1650 g/mol. The average Bonchev–Trinajstić information content (AvgIpc) is 1.30. The summed E-state index contributed by atoms with van der Waals surface area (Å²) in [6.45, 7) is 84.7. The SMILES string of the molecule is C=C(C1CCOC1=O)C(C)(C)C.CC(C)(O)C1COC(=O)C1.CC1(C)CC(=O)OC1(C)C.CC1(C)CC(C)(C)C(=O)O1.CC1(C)CCOC(=O)C1.CC1(C)CCOC1=O.CC1(C)CCOCC1=O.CC1(C)COC(=O)C1.CC1(C)COC(=O)CC1(C)C.CC1(C)COCC(=O)C1(C)C.CC1(CCO)CC(C)(C)C(=O)O1.CC1CC(C)(C)C(=O)O1.CC1OC(=O)CC1(C)C. The van der Waals surface area contributed by atoms with Crippen molar-refractivity contribution in [2.24, 2.45) is 87.6 Å². The molecular formula is C100H172O28. The summed E-state index contributed by atoms with van der Waals surface area (Å²) >= 11 is 0. The molecule has 2 N–H and O–H groups in total. The summed E-state index contributed by atoms with van der Waals surface area (Å²) in [5.41, 5.74) is -1.76. The van der Waals surface area contributed by atoms with Gasteiger partial charge in [0.15, 0.2) is 11.6 Å². The molecule has 28 heteroatoms. The van der Waals surface area contributed by atoms with Gasteiger partial charge in [-0.2, -0.15) is 0 Å². The zero-order valence-electron chi connectivity index (χ0n) is 86.2. The second-order valence-electron chi connectivity index (χ2n) is 48.0. The van der Waals surface area contributed by atoms with E-state index in [1.807, 2.05) is 159 Å². The molecule has 0 aromatic heterocycles. The first-order chi connectivity index (χ1) is 57.2. The van der Waals surface area contributed by atoms with Gasteiger partial charge in [-0.1, -0.05) is 158 Å². The van der Waals surface area contributed by atoms with Crippen LogP contribution in [0.2, 0.25) is 0 Å². The lowest BCUT2D eigenvalue weighted by molar-refractivity contribution is -0.165. The molecule has 0 saturated carbocycles. The lowest BCUT2D eigenvalue weighted by Crippen LogP contribution is -2.48. The number of ketones is 2. The van der Waals surface area contributed by atoms with Gasteiger partial charge in [0.2, 0.25) is 0 Å². The monoisotopic (exact) mass is 1820 g/mol. The predicted molar refractivity (Wildman–Crippen MR) is 486 cm³/mol. The van der Waals surface area contributed by atoms with Crippen molar-refractivity contribution in [3.8, 4) is 0 Å². The molecule has 0 bridgehead atoms. The maximum Gasteiger partial charge on any atom is 0.313 e. The minimum absolute atomic E-state index is 0.00796. The number of hydrogen-bond donors (Lipinski definition) is 2. The van der Waals surface area contributed by atoms with Gasteiger partial charge >= 0.3 is 65.7 Å². The van der Waals surface area contributed by atoms with Crippen LogP contribution in [-0.4, -0.2) is 195 Å². The highest BCUT2D eigenvalue weighted by molar-refractivity contribution is 5.87. The van der Waals surface area contributed by atoms with Crippen LogP contribution in [0, 0.1) is 87.6 Å². The molecule has 13 saturated heterocycles. The molecule has 0 spiro atoms. The summed E-state index contributed by atoms with van der Waals surface area (Å²) in [6, 6.07) is 0. The Bertz CT molecular complexity index is 3760. The number of cyclic esters (lactones) is 11. The summed E-state index contributed by atoms with van der Waals surface area (Å²) in [5.74, 6) is -0.601. The maximum atomic E-state index is 11.4. The molecule has 0 aromatic rings. The molecule has 128 heavy (non-hydrogen) atoms. The maximum absolute atomic E-state index is 11.4. The number of rotatable bonds is 4. The summed E-state index contributed by atoms with van der Waals surface area (Å²) < 4.78 is 64.3. The average molecular weight is 1820 g/mol. The molecule has 5 unspecified atom stereocenters. The van der Waals surface area contributed by atoms with Gasteiger partial charge < -0.3 is 71.8 Å². The van der Waals surface area contributed by atoms with Gasteiger partial charge in [0.05, 0.1) is 118 Å². The van der Waals surface area contributed by atoms with E-state index in [0.717, 1.165) is 50.7 Å². The summed E-state index contributed by atoms with van der Waals surface area (Å²) in [7, 11) is 0. The summed E-state index contributed by atoms with van der Waals surface area (Å²) in [6.07, 6.45) is 9.78. The van der Waals surface area contributed by atoms with E-state index in [1.54, 1.807) is 13.8 Å². The molecule has 0 aliphatic carbocycles. The zero-order valence-corrected chi connectivity index (χ0v) is 86.2. The van der Waals surface area contributed by atoms with Gasteiger partial charge in [0.25, 0.3) is 0 Å². The van der Waals surface area contributed by atoms with Gasteiger partial charge in [-0.25, -0.2) is 0 Å². The van der Waals surface area contributed by atoms with Crippen LogP contribution in [0.3, 0.4) is 0 Å². The van der Waals surface area contributed by atoms with Crippen molar-refractivity contribution in [1.82, 2.24) is 0 Å². The molecule has 13 aliphatic heterocycles. The Labute approximate surface area is 767 Å². The third-order valence-corrected chi connectivity index (χ3v) is 26.9. The standard InChI is InChI=1S/C10H16O2.C9H16O3.2C9H16O2.2C8H14O2.C7H12O3.4C7H12O2.2C6H10O2/c1-7(10(2,3)4)8-5-6-12-9(8)11;1-8(2)6-9(3,4-5-10)12-7(8)11;1-8(2)6-11-5-7(10)9(8,3)4;1-8(2)5-7(10)11-6-9(8,3)4;1-7(2)5-8(3,4)10-6(7)9;1-7(2)5-6(9)10-8(7,3)4;1-7(2,9)5-3-6(8)10-4-5;1-5-7(2,3)4-6(8)9-5;1-5-4-7(2,3)6(8)9-5;1-7(2)3-4-9-5-6(7)8;1-7(2)3-4-9-6(8)5-7;1-6(2)3-5(7)8-4-6;1-6(2)3-4-8-5(6)7/h8H,1,5-6H2,2-4H3;10H,4-6H2,1-3H3;2*5-6H2,1-4H3;2*5H2,1-4H3;5,9H,3-4H2,1-2H3;2*5H,4H2,1-3H3;2*3-5H2,1-2H3;2*3-4H2,1-2H3. The van der Waals surface area contributed by atoms with Crippen molar-refractivity contribution < 1.29 is 134 Å². The molecule has 5 atom stereocenters. The smallest absolute Gasteiger partial charge is 0.313 e. The van der Waals surface area contributed by atoms with Crippen molar-refractivity contribution in [2.75, 3.05) is 72.7 Å². The van der Waals surface area contributed by atoms with Crippen LogP contribution >= 0.6 is 0 Å². The molecule has 0 radical (unpaired) electrons. The van der Waals surface area contributed by atoms with E-state index in [2.05, 4.69) is 96.6 Å². The van der Waals surface area contributed by atoms with Crippen LogP contribution < -0.4 is 0 Å². The lowest BCUT2D eigenvalue weighted by atomic mass is 9.65. The van der Waals surface area contributed by atoms with Crippen molar-refractivity contribution in [1.29, 1.82) is 0 Å². The van der Waals surface area contributed by atoms with E-state index in [0.29, 0.717) is 104 Å². The fourth-order valence-corrected chi connectivity index (χ4v) is 14.3. The van der Waals surface area contributed by atoms with Crippen LogP contribution in [-0.2, 0) is 124 Å². The predicted octanol–water partition coefficient (Wildman–Crippen LogP) is 17.6. The van der Waals surface area contributed by atoms with Crippen molar-refractivity contribution in [3.05, 3.63) is 12.2 Å². The van der Waals surface area contributed by atoms with Crippen LogP contribution in [0.25, 0.3) is 0 Å². The Morgan fingerprint density at radius 3 is 1.16 bits per heavy atom. The van der Waals surface area contributed by atoms with Crippen LogP contribution in [0.4, 0.5) is 0 Å². The molecule has 13 rings (SSSR count). The Balaban J connectivity index is 0.000000694. The summed E-state index contributed by atoms with van der Waals surface area (Å²) in [4.78, 5) is 142. The largest absolute Gasteiger partial charge is 0.466 e. The number of carbonyl (C=O) groups is 13. The molecule has 13 aliphatic rings. The Kier molecular flexibility index (Phi) is 42.5. The molecule has 0 aromatic carbocycles. The highest BCUT2D eigenvalue weighted by Crippen LogP contribution is 2.48. The number of aliphatic hydroxyl groups is 2. The van der Waals surface area contributed by atoms with Crippen molar-refractivity contribution in [2.45, 2.75) is 388 Å². The normalized spacial score (nSPS) is 28.1. The van der Waals surface area contributed by atoms with Gasteiger partial charge in [0, 0.05) is 76.3 Å². The molecule has 0 amide bonds. The van der Waals surface area contributed by atoms with Crippen LogP contribution in [0.5, 0.6) is 0 Å². The molecule has 740 valence electrons. The van der Waals surface area contributed by atoms with E-state index in [9.17, 15) is 67.4 Å². The Morgan fingerprint density at radius 1 is 0.422 bits per heavy atom. The molecule has 13 fully saturated rings. The first-order valence-electron chi connectivity index (χ1n) is 45.5. The highest BCUT2D eigenvalue weighted by Gasteiger charge is 2.52.